The lowest BCUT2D eigenvalue weighted by molar-refractivity contribution is 0.337. The van der Waals surface area contributed by atoms with E-state index in [0.29, 0.717) is 23.5 Å². The molecule has 0 spiro atoms. The lowest BCUT2D eigenvalue weighted by Gasteiger charge is -2.22. The van der Waals surface area contributed by atoms with Crippen LogP contribution in [0.1, 0.15) is 44.9 Å². The van der Waals surface area contributed by atoms with Crippen LogP contribution in [0.25, 0.3) is 0 Å². The molecule has 1 heterocycles. The number of hydrazine groups is 1. The van der Waals surface area contributed by atoms with Crippen LogP contribution >= 0.6 is 0 Å². The van der Waals surface area contributed by atoms with Crippen molar-refractivity contribution in [1.82, 2.24) is 5.43 Å². The predicted octanol–water partition coefficient (Wildman–Crippen LogP) is 1.22. The van der Waals surface area contributed by atoms with Gasteiger partial charge < -0.3 is 0 Å². The molecule has 0 aromatic rings. The minimum atomic E-state index is -2.75. The fourth-order valence-electron chi connectivity index (χ4n) is 3.34. The summed E-state index contributed by atoms with van der Waals surface area (Å²) in [5.41, 5.74) is 2.89. The van der Waals surface area contributed by atoms with E-state index in [-0.39, 0.29) is 0 Å². The molecule has 0 amide bonds. The van der Waals surface area contributed by atoms with Gasteiger partial charge >= 0.3 is 0 Å². The Morgan fingerprint density at radius 1 is 1.12 bits per heavy atom. The molecule has 5 heteroatoms. The zero-order chi connectivity index (χ0) is 12.3. The van der Waals surface area contributed by atoms with E-state index in [0.717, 1.165) is 25.2 Å². The first kappa shape index (κ1) is 13.3. The second-order valence-electron chi connectivity index (χ2n) is 5.75. The largest absolute Gasteiger partial charge is 0.271 e. The molecule has 2 fully saturated rings. The Kier molecular flexibility index (Phi) is 4.44. The van der Waals surface area contributed by atoms with Crippen LogP contribution in [0.15, 0.2) is 0 Å². The van der Waals surface area contributed by atoms with Gasteiger partial charge in [0.2, 0.25) is 0 Å². The maximum atomic E-state index is 11.4. The third-order valence-electron chi connectivity index (χ3n) is 4.27. The third kappa shape index (κ3) is 3.93. The predicted molar refractivity (Wildman–Crippen MR) is 69.1 cm³/mol. The average Bonchev–Trinajstić information content (AvgIpc) is 2.87. The van der Waals surface area contributed by atoms with Crippen LogP contribution in [0.2, 0.25) is 0 Å². The molecule has 1 saturated carbocycles. The Balaban J connectivity index is 1.79. The van der Waals surface area contributed by atoms with Gasteiger partial charge in [-0.1, -0.05) is 25.7 Å². The van der Waals surface area contributed by atoms with Gasteiger partial charge in [0.05, 0.1) is 11.5 Å². The molecular formula is C12H24N2O2S. The molecule has 1 saturated heterocycles. The minimum Gasteiger partial charge on any atom is -0.271 e. The monoisotopic (exact) mass is 260 g/mol. The number of nitrogens with two attached hydrogens (primary N) is 1. The van der Waals surface area contributed by atoms with Gasteiger partial charge in [0, 0.05) is 6.04 Å². The summed E-state index contributed by atoms with van der Waals surface area (Å²) in [6, 6.07) is 0.302. The van der Waals surface area contributed by atoms with E-state index in [1.54, 1.807) is 0 Å². The highest BCUT2D eigenvalue weighted by Crippen LogP contribution is 2.31. The van der Waals surface area contributed by atoms with Crippen LogP contribution in [-0.2, 0) is 9.84 Å². The summed E-state index contributed by atoms with van der Waals surface area (Å²) in [5, 5.41) is 0. The number of sulfone groups is 1. The molecule has 2 unspecified atom stereocenters. The quantitative estimate of drug-likeness (QED) is 0.576. The summed E-state index contributed by atoms with van der Waals surface area (Å²) in [5.74, 6) is 7.46. The van der Waals surface area contributed by atoms with Crippen molar-refractivity contribution < 1.29 is 8.42 Å². The summed E-state index contributed by atoms with van der Waals surface area (Å²) in [6.45, 7) is 0. The zero-order valence-electron chi connectivity index (χ0n) is 10.4. The van der Waals surface area contributed by atoms with Gasteiger partial charge in [-0.3, -0.25) is 11.3 Å². The molecule has 0 aromatic heterocycles. The van der Waals surface area contributed by atoms with Crippen molar-refractivity contribution in [2.75, 3.05) is 11.5 Å². The van der Waals surface area contributed by atoms with Crippen molar-refractivity contribution in [3.8, 4) is 0 Å². The van der Waals surface area contributed by atoms with Crippen molar-refractivity contribution in [3.63, 3.8) is 0 Å². The van der Waals surface area contributed by atoms with Crippen molar-refractivity contribution >= 4 is 9.84 Å². The SMILES string of the molecule is NNC(CC1CCCC1)CC1CCS(=O)(=O)C1. The lowest BCUT2D eigenvalue weighted by Crippen LogP contribution is -2.38. The van der Waals surface area contributed by atoms with Gasteiger partial charge in [0.15, 0.2) is 9.84 Å². The summed E-state index contributed by atoms with van der Waals surface area (Å²) in [7, 11) is -2.75. The number of rotatable bonds is 5. The van der Waals surface area contributed by atoms with Crippen LogP contribution in [0.4, 0.5) is 0 Å². The van der Waals surface area contributed by atoms with Gasteiger partial charge in [-0.15, -0.1) is 0 Å². The van der Waals surface area contributed by atoms with Gasteiger partial charge in [-0.2, -0.15) is 0 Å². The standard InChI is InChI=1S/C12H24N2O2S/c13-14-12(7-10-3-1-2-4-10)8-11-5-6-17(15,16)9-11/h10-12,14H,1-9,13H2. The van der Waals surface area contributed by atoms with Gasteiger partial charge in [0.25, 0.3) is 0 Å². The highest BCUT2D eigenvalue weighted by molar-refractivity contribution is 7.91. The molecular weight excluding hydrogens is 236 g/mol. The molecule has 4 nitrogen and oxygen atoms in total. The number of nitrogens with one attached hydrogen (secondary N) is 1. The van der Waals surface area contributed by atoms with E-state index in [9.17, 15) is 8.42 Å². The molecule has 0 radical (unpaired) electrons. The molecule has 3 N–H and O–H groups in total. The molecule has 2 rings (SSSR count). The van der Waals surface area contributed by atoms with E-state index in [2.05, 4.69) is 5.43 Å². The van der Waals surface area contributed by atoms with Crippen LogP contribution in [-0.4, -0.2) is 26.0 Å². The van der Waals surface area contributed by atoms with E-state index in [1.165, 1.54) is 25.7 Å². The second kappa shape index (κ2) is 5.67. The first-order chi connectivity index (χ1) is 8.09. The lowest BCUT2D eigenvalue weighted by atomic mass is 9.91. The number of hydrogen-bond donors (Lipinski definition) is 2. The minimum absolute atomic E-state index is 0.302. The summed E-state index contributed by atoms with van der Waals surface area (Å²) in [4.78, 5) is 0. The summed E-state index contributed by atoms with van der Waals surface area (Å²) in [6.07, 6.45) is 8.20. The first-order valence-corrected chi connectivity index (χ1v) is 8.58. The van der Waals surface area contributed by atoms with E-state index in [4.69, 9.17) is 5.84 Å². The van der Waals surface area contributed by atoms with E-state index < -0.39 is 9.84 Å². The molecule has 0 bridgehead atoms. The molecule has 17 heavy (non-hydrogen) atoms. The van der Waals surface area contributed by atoms with Gasteiger partial charge in [-0.25, -0.2) is 8.42 Å². The summed E-state index contributed by atoms with van der Waals surface area (Å²) < 4.78 is 22.8. The summed E-state index contributed by atoms with van der Waals surface area (Å²) >= 11 is 0. The van der Waals surface area contributed by atoms with Crippen LogP contribution in [0.5, 0.6) is 0 Å². The van der Waals surface area contributed by atoms with Crippen LogP contribution < -0.4 is 11.3 Å². The molecule has 0 aromatic carbocycles. The van der Waals surface area contributed by atoms with Gasteiger partial charge in [0.1, 0.15) is 0 Å². The maximum Gasteiger partial charge on any atom is 0.150 e. The Hall–Kier alpha value is -0.130. The topological polar surface area (TPSA) is 72.2 Å². The van der Waals surface area contributed by atoms with Gasteiger partial charge in [-0.05, 0) is 31.1 Å². The zero-order valence-corrected chi connectivity index (χ0v) is 11.2. The van der Waals surface area contributed by atoms with Crippen LogP contribution in [0, 0.1) is 11.8 Å². The molecule has 2 aliphatic rings. The third-order valence-corrected chi connectivity index (χ3v) is 6.11. The normalized spacial score (nSPS) is 30.8. The highest BCUT2D eigenvalue weighted by Gasteiger charge is 2.30. The smallest absolute Gasteiger partial charge is 0.150 e. The Morgan fingerprint density at radius 2 is 1.76 bits per heavy atom. The Labute approximate surface area is 104 Å². The highest BCUT2D eigenvalue weighted by atomic mass is 32.2. The van der Waals surface area contributed by atoms with Crippen molar-refractivity contribution in [2.24, 2.45) is 17.7 Å². The van der Waals surface area contributed by atoms with E-state index >= 15 is 0 Å². The molecule has 100 valence electrons. The van der Waals surface area contributed by atoms with Crippen LogP contribution in [0.3, 0.4) is 0 Å². The Morgan fingerprint density at radius 3 is 2.29 bits per heavy atom. The van der Waals surface area contributed by atoms with Crippen molar-refractivity contribution in [2.45, 2.75) is 51.0 Å². The average molecular weight is 260 g/mol. The fourth-order valence-corrected chi connectivity index (χ4v) is 5.22. The molecule has 2 atom stereocenters. The molecule has 1 aliphatic carbocycles. The van der Waals surface area contributed by atoms with Crippen molar-refractivity contribution in [3.05, 3.63) is 0 Å². The molecule has 1 aliphatic heterocycles. The van der Waals surface area contributed by atoms with E-state index in [1.807, 2.05) is 0 Å². The Bertz CT molecular complexity index is 336. The maximum absolute atomic E-state index is 11.4. The second-order valence-corrected chi connectivity index (χ2v) is 7.98. The first-order valence-electron chi connectivity index (χ1n) is 6.75. The number of hydrogen-bond acceptors (Lipinski definition) is 4. The van der Waals surface area contributed by atoms with Crippen molar-refractivity contribution in [1.29, 1.82) is 0 Å². The fraction of sp³-hybridized carbons (Fsp3) is 1.00.